The summed E-state index contributed by atoms with van der Waals surface area (Å²) in [4.78, 5) is 31.3. The first kappa shape index (κ1) is 25.2. The summed E-state index contributed by atoms with van der Waals surface area (Å²) in [5.41, 5.74) is 0. The molecule has 30 heavy (non-hydrogen) atoms. The Hall–Kier alpha value is -1.06. The van der Waals surface area contributed by atoms with Gasteiger partial charge in [0.25, 0.3) is 0 Å². The number of hydrogen-bond acceptors (Lipinski definition) is 3. The van der Waals surface area contributed by atoms with Crippen LogP contribution in [0.1, 0.15) is 71.1 Å². The van der Waals surface area contributed by atoms with Crippen LogP contribution in [0.5, 0.6) is 0 Å². The van der Waals surface area contributed by atoms with Gasteiger partial charge < -0.3 is 20.9 Å². The summed E-state index contributed by atoms with van der Waals surface area (Å²) in [6, 6.07) is 0.263. The van der Waals surface area contributed by atoms with Gasteiger partial charge in [0.2, 0.25) is 11.8 Å². The van der Waals surface area contributed by atoms with Crippen LogP contribution >= 0.6 is 24.0 Å². The molecule has 7 nitrogen and oxygen atoms in total. The SMILES string of the molecule is CCNC(=NCCCNC(=O)C1CCC1)NC1CCN(C(=O)C2CCCCC2)C1.I. The van der Waals surface area contributed by atoms with E-state index in [4.69, 9.17) is 0 Å². The molecule has 1 aliphatic heterocycles. The number of hydrogen-bond donors (Lipinski definition) is 3. The lowest BCUT2D eigenvalue weighted by Gasteiger charge is -2.26. The molecule has 0 aromatic carbocycles. The molecule has 1 unspecified atom stereocenters. The molecule has 0 aromatic heterocycles. The third kappa shape index (κ3) is 7.57. The molecule has 3 rings (SSSR count). The van der Waals surface area contributed by atoms with Gasteiger partial charge in [-0.25, -0.2) is 0 Å². The van der Waals surface area contributed by atoms with Crippen LogP contribution in [-0.4, -0.2) is 61.4 Å². The molecule has 2 amide bonds. The van der Waals surface area contributed by atoms with E-state index in [2.05, 4.69) is 27.9 Å². The van der Waals surface area contributed by atoms with Crippen LogP contribution in [0.25, 0.3) is 0 Å². The van der Waals surface area contributed by atoms with Gasteiger partial charge in [-0.1, -0.05) is 25.7 Å². The van der Waals surface area contributed by atoms with Crippen LogP contribution < -0.4 is 16.0 Å². The lowest BCUT2D eigenvalue weighted by Crippen LogP contribution is -2.45. The van der Waals surface area contributed by atoms with Gasteiger partial charge in [-0.15, -0.1) is 24.0 Å². The Balaban J connectivity index is 0.00000320. The lowest BCUT2D eigenvalue weighted by molar-refractivity contribution is -0.135. The fourth-order valence-corrected chi connectivity index (χ4v) is 4.50. The van der Waals surface area contributed by atoms with E-state index in [1.807, 2.05) is 4.90 Å². The van der Waals surface area contributed by atoms with Gasteiger partial charge >= 0.3 is 0 Å². The molecule has 172 valence electrons. The minimum Gasteiger partial charge on any atom is -0.357 e. The van der Waals surface area contributed by atoms with Crippen molar-refractivity contribution in [1.29, 1.82) is 0 Å². The molecule has 0 aromatic rings. The van der Waals surface area contributed by atoms with Crippen molar-refractivity contribution in [3.63, 3.8) is 0 Å². The highest BCUT2D eigenvalue weighted by molar-refractivity contribution is 14.0. The van der Waals surface area contributed by atoms with Gasteiger partial charge in [0.05, 0.1) is 0 Å². The van der Waals surface area contributed by atoms with Gasteiger partial charge in [-0.2, -0.15) is 0 Å². The monoisotopic (exact) mass is 533 g/mol. The Morgan fingerprint density at radius 3 is 2.37 bits per heavy atom. The molecule has 8 heteroatoms. The van der Waals surface area contributed by atoms with E-state index in [1.54, 1.807) is 0 Å². The van der Waals surface area contributed by atoms with Gasteiger partial charge in [-0.3, -0.25) is 14.6 Å². The molecular formula is C22H40IN5O2. The van der Waals surface area contributed by atoms with Gasteiger partial charge in [-0.05, 0) is 45.4 Å². The maximum absolute atomic E-state index is 12.7. The lowest BCUT2D eigenvalue weighted by atomic mass is 9.85. The molecule has 3 N–H and O–H groups in total. The maximum atomic E-state index is 12.7. The minimum atomic E-state index is 0. The molecule has 1 saturated heterocycles. The first-order valence-corrected chi connectivity index (χ1v) is 11.8. The number of rotatable bonds is 8. The Labute approximate surface area is 198 Å². The van der Waals surface area contributed by atoms with Crippen LogP contribution in [0, 0.1) is 11.8 Å². The standard InChI is InChI=1S/C22H39N5O2.HI/c1-2-23-22(25-14-7-13-24-20(28)17-10-6-11-17)26-19-12-15-27(16-19)21(29)18-8-4-3-5-9-18;/h17-19H,2-16H2,1H3,(H,24,28)(H2,23,25,26);1H. The molecular weight excluding hydrogens is 493 g/mol. The summed E-state index contributed by atoms with van der Waals surface area (Å²) in [6.07, 6.45) is 10.9. The molecule has 0 spiro atoms. The fraction of sp³-hybridized carbons (Fsp3) is 0.864. The van der Waals surface area contributed by atoms with E-state index in [-0.39, 0.29) is 47.8 Å². The number of aliphatic imine (C=N–C) groups is 1. The van der Waals surface area contributed by atoms with Crippen LogP contribution in [0.4, 0.5) is 0 Å². The second kappa shape index (κ2) is 13.4. The largest absolute Gasteiger partial charge is 0.357 e. The van der Waals surface area contributed by atoms with E-state index in [1.165, 1.54) is 25.7 Å². The van der Waals surface area contributed by atoms with E-state index in [0.717, 1.165) is 64.1 Å². The minimum absolute atomic E-state index is 0. The number of carbonyl (C=O) groups excluding carboxylic acids is 2. The van der Waals surface area contributed by atoms with Crippen molar-refractivity contribution in [2.24, 2.45) is 16.8 Å². The molecule has 1 atom stereocenters. The fourth-order valence-electron chi connectivity index (χ4n) is 4.50. The first-order valence-electron chi connectivity index (χ1n) is 11.8. The zero-order chi connectivity index (χ0) is 20.5. The second-order valence-electron chi connectivity index (χ2n) is 8.78. The number of halogens is 1. The highest BCUT2D eigenvalue weighted by Gasteiger charge is 2.31. The van der Waals surface area contributed by atoms with Crippen LogP contribution in [-0.2, 0) is 9.59 Å². The zero-order valence-corrected chi connectivity index (χ0v) is 20.8. The number of nitrogens with one attached hydrogen (secondary N) is 3. The molecule has 0 radical (unpaired) electrons. The van der Waals surface area contributed by atoms with Crippen molar-refractivity contribution in [3.8, 4) is 0 Å². The number of guanidine groups is 1. The van der Waals surface area contributed by atoms with Crippen molar-refractivity contribution in [1.82, 2.24) is 20.9 Å². The van der Waals surface area contributed by atoms with Crippen molar-refractivity contribution in [3.05, 3.63) is 0 Å². The van der Waals surface area contributed by atoms with Crippen molar-refractivity contribution in [2.75, 3.05) is 32.7 Å². The number of nitrogens with zero attached hydrogens (tertiary/aromatic N) is 2. The van der Waals surface area contributed by atoms with Crippen molar-refractivity contribution >= 4 is 41.8 Å². The van der Waals surface area contributed by atoms with E-state index < -0.39 is 0 Å². The molecule has 2 saturated carbocycles. The third-order valence-electron chi connectivity index (χ3n) is 6.52. The summed E-state index contributed by atoms with van der Waals surface area (Å²) in [5.74, 6) is 1.88. The number of carbonyl (C=O) groups is 2. The Morgan fingerprint density at radius 1 is 0.967 bits per heavy atom. The zero-order valence-electron chi connectivity index (χ0n) is 18.5. The Morgan fingerprint density at radius 2 is 1.70 bits per heavy atom. The summed E-state index contributed by atoms with van der Waals surface area (Å²) in [5, 5.41) is 9.82. The second-order valence-corrected chi connectivity index (χ2v) is 8.78. The smallest absolute Gasteiger partial charge is 0.225 e. The predicted octanol–water partition coefficient (Wildman–Crippen LogP) is 2.65. The summed E-state index contributed by atoms with van der Waals surface area (Å²) in [6.45, 7) is 5.85. The third-order valence-corrected chi connectivity index (χ3v) is 6.52. The molecule has 3 fully saturated rings. The van der Waals surface area contributed by atoms with E-state index in [9.17, 15) is 9.59 Å². The normalized spacial score (nSPS) is 22.8. The molecule has 3 aliphatic rings. The first-order chi connectivity index (χ1) is 14.2. The van der Waals surface area contributed by atoms with Gasteiger partial charge in [0.1, 0.15) is 0 Å². The Bertz CT molecular complexity index is 576. The molecule has 2 aliphatic carbocycles. The quantitative estimate of drug-likeness (QED) is 0.194. The summed E-state index contributed by atoms with van der Waals surface area (Å²) in [7, 11) is 0. The predicted molar refractivity (Wildman–Crippen MR) is 131 cm³/mol. The van der Waals surface area contributed by atoms with Crippen LogP contribution in [0.15, 0.2) is 4.99 Å². The average Bonchev–Trinajstić information content (AvgIpc) is 3.15. The Kier molecular flexibility index (Phi) is 11.2. The molecule has 1 heterocycles. The highest BCUT2D eigenvalue weighted by Crippen LogP contribution is 2.27. The molecule has 0 bridgehead atoms. The topological polar surface area (TPSA) is 85.8 Å². The summed E-state index contributed by atoms with van der Waals surface area (Å²) >= 11 is 0. The highest BCUT2D eigenvalue weighted by atomic mass is 127. The number of likely N-dealkylation sites (tertiary alicyclic amines) is 1. The number of amides is 2. The van der Waals surface area contributed by atoms with E-state index in [0.29, 0.717) is 19.0 Å². The van der Waals surface area contributed by atoms with Gasteiger partial charge in [0.15, 0.2) is 5.96 Å². The van der Waals surface area contributed by atoms with E-state index >= 15 is 0 Å². The van der Waals surface area contributed by atoms with Crippen molar-refractivity contribution < 1.29 is 9.59 Å². The van der Waals surface area contributed by atoms with Crippen LogP contribution in [0.3, 0.4) is 0 Å². The van der Waals surface area contributed by atoms with Crippen LogP contribution in [0.2, 0.25) is 0 Å². The summed E-state index contributed by atoms with van der Waals surface area (Å²) < 4.78 is 0. The maximum Gasteiger partial charge on any atom is 0.225 e. The van der Waals surface area contributed by atoms with Crippen molar-refractivity contribution in [2.45, 2.75) is 77.2 Å². The average molecular weight is 533 g/mol. The van der Waals surface area contributed by atoms with Gasteiger partial charge in [0, 0.05) is 50.6 Å².